The van der Waals surface area contributed by atoms with E-state index in [0.717, 1.165) is 12.2 Å². The smallest absolute Gasteiger partial charge is 0.341 e. The van der Waals surface area contributed by atoms with Gasteiger partial charge in [-0.15, -0.1) is 0 Å². The number of ether oxygens (including phenoxy) is 1. The topological polar surface area (TPSA) is 62.7 Å². The first-order valence-corrected chi connectivity index (χ1v) is 6.53. The van der Waals surface area contributed by atoms with Gasteiger partial charge in [-0.3, -0.25) is 4.98 Å². The number of hydrogen-bond acceptors (Lipinski definition) is 4. The second-order valence-corrected chi connectivity index (χ2v) is 5.09. The van der Waals surface area contributed by atoms with Crippen LogP contribution in [0.15, 0.2) is 6.07 Å². The number of likely N-dealkylation sites (N-methyl/N-ethyl adjacent to an activating group) is 1. The number of pyridine rings is 1. The van der Waals surface area contributed by atoms with Crippen LogP contribution in [0.2, 0.25) is 0 Å². The summed E-state index contributed by atoms with van der Waals surface area (Å²) < 4.78 is 5.65. The molecule has 1 saturated carbocycles. The van der Waals surface area contributed by atoms with Gasteiger partial charge in [0, 0.05) is 24.3 Å². The Kier molecular flexibility index (Phi) is 4.04. The van der Waals surface area contributed by atoms with Gasteiger partial charge in [-0.2, -0.15) is 0 Å². The minimum atomic E-state index is -0.990. The number of aromatic carboxylic acids is 1. The molecule has 0 aromatic carbocycles. The highest BCUT2D eigenvalue weighted by atomic mass is 16.5. The molecule has 19 heavy (non-hydrogen) atoms. The number of rotatable bonds is 6. The lowest BCUT2D eigenvalue weighted by molar-refractivity contribution is 0.0690. The lowest BCUT2D eigenvalue weighted by Gasteiger charge is -2.17. The molecule has 1 aromatic heterocycles. The molecule has 5 heteroatoms. The molecule has 0 bridgehead atoms. The van der Waals surface area contributed by atoms with Crippen molar-refractivity contribution >= 4 is 5.97 Å². The largest absolute Gasteiger partial charge is 0.491 e. The van der Waals surface area contributed by atoms with Crippen LogP contribution >= 0.6 is 0 Å². The van der Waals surface area contributed by atoms with Crippen LogP contribution in [-0.4, -0.2) is 47.2 Å². The van der Waals surface area contributed by atoms with Crippen molar-refractivity contribution in [2.45, 2.75) is 32.7 Å². The summed E-state index contributed by atoms with van der Waals surface area (Å²) >= 11 is 0. The Morgan fingerprint density at radius 1 is 1.53 bits per heavy atom. The van der Waals surface area contributed by atoms with Crippen LogP contribution in [0, 0.1) is 13.8 Å². The quantitative estimate of drug-likeness (QED) is 0.849. The second kappa shape index (κ2) is 5.57. The van der Waals surface area contributed by atoms with Crippen molar-refractivity contribution < 1.29 is 14.6 Å². The maximum atomic E-state index is 11.2. The van der Waals surface area contributed by atoms with Gasteiger partial charge in [0.1, 0.15) is 17.9 Å². The summed E-state index contributed by atoms with van der Waals surface area (Å²) in [5.74, 6) is -0.572. The molecule has 1 aliphatic carbocycles. The van der Waals surface area contributed by atoms with E-state index in [1.165, 1.54) is 12.8 Å². The number of hydrogen-bond donors (Lipinski definition) is 1. The molecule has 0 aliphatic heterocycles. The Balaban J connectivity index is 2.03. The molecule has 1 N–H and O–H groups in total. The van der Waals surface area contributed by atoms with E-state index >= 15 is 0 Å². The predicted molar refractivity (Wildman–Crippen MR) is 71.8 cm³/mol. The number of nitrogens with zero attached hydrogens (tertiary/aromatic N) is 2. The van der Waals surface area contributed by atoms with Gasteiger partial charge in [0.25, 0.3) is 0 Å². The lowest BCUT2D eigenvalue weighted by Crippen LogP contribution is -2.26. The van der Waals surface area contributed by atoms with Gasteiger partial charge in [-0.1, -0.05) is 0 Å². The first-order chi connectivity index (χ1) is 8.99. The van der Waals surface area contributed by atoms with Crippen LogP contribution < -0.4 is 4.74 Å². The maximum Gasteiger partial charge on any atom is 0.341 e. The molecule has 1 aromatic rings. The molecule has 0 saturated heterocycles. The van der Waals surface area contributed by atoms with E-state index in [2.05, 4.69) is 16.9 Å². The molecule has 5 nitrogen and oxygen atoms in total. The number of aryl methyl sites for hydroxylation is 2. The van der Waals surface area contributed by atoms with Gasteiger partial charge in [-0.25, -0.2) is 4.79 Å². The molecule has 0 amide bonds. The van der Waals surface area contributed by atoms with Crippen molar-refractivity contribution in [2.24, 2.45) is 0 Å². The van der Waals surface area contributed by atoms with E-state index < -0.39 is 5.97 Å². The van der Waals surface area contributed by atoms with E-state index in [9.17, 15) is 9.90 Å². The fourth-order valence-electron chi connectivity index (χ4n) is 2.16. The highest BCUT2D eigenvalue weighted by Gasteiger charge is 2.25. The van der Waals surface area contributed by atoms with Gasteiger partial charge in [-0.05, 0) is 33.7 Å². The van der Waals surface area contributed by atoms with Crippen molar-refractivity contribution in [2.75, 3.05) is 20.2 Å². The molecule has 1 fully saturated rings. The summed E-state index contributed by atoms with van der Waals surface area (Å²) in [5.41, 5.74) is 1.44. The summed E-state index contributed by atoms with van der Waals surface area (Å²) in [5, 5.41) is 9.21. The minimum Gasteiger partial charge on any atom is -0.491 e. The molecule has 0 unspecified atom stereocenters. The number of carboxylic acid groups (broad SMARTS) is 1. The Labute approximate surface area is 113 Å². The third-order valence-corrected chi connectivity index (χ3v) is 3.38. The third kappa shape index (κ3) is 3.44. The van der Waals surface area contributed by atoms with Crippen molar-refractivity contribution in [3.63, 3.8) is 0 Å². The highest BCUT2D eigenvalue weighted by Crippen LogP contribution is 2.25. The van der Waals surface area contributed by atoms with Crippen molar-refractivity contribution in [3.05, 3.63) is 23.0 Å². The summed E-state index contributed by atoms with van der Waals surface area (Å²) in [6.45, 7) is 4.84. The Hall–Kier alpha value is -1.62. The number of aromatic nitrogens is 1. The first-order valence-electron chi connectivity index (χ1n) is 6.53. The van der Waals surface area contributed by atoms with Crippen molar-refractivity contribution in [1.82, 2.24) is 9.88 Å². The van der Waals surface area contributed by atoms with Gasteiger partial charge in [0.2, 0.25) is 0 Å². The average Bonchev–Trinajstić information content (AvgIpc) is 3.10. The standard InChI is InChI=1S/C14H20N2O3/c1-9-8-12(13(14(17)18)10(2)15-9)19-7-6-16(3)11-4-5-11/h8,11H,4-7H2,1-3H3,(H,17,18). The predicted octanol–water partition coefficient (Wildman–Crippen LogP) is 1.87. The van der Waals surface area contributed by atoms with E-state index in [4.69, 9.17) is 4.74 Å². The molecule has 2 rings (SSSR count). The van der Waals surface area contributed by atoms with Crippen LogP contribution in [0.3, 0.4) is 0 Å². The molecule has 0 atom stereocenters. The molecule has 1 heterocycles. The first kappa shape index (κ1) is 13.8. The molecule has 1 aliphatic rings. The highest BCUT2D eigenvalue weighted by molar-refractivity contribution is 5.92. The molecule has 104 valence electrons. The van der Waals surface area contributed by atoms with Crippen molar-refractivity contribution in [1.29, 1.82) is 0 Å². The second-order valence-electron chi connectivity index (χ2n) is 5.09. The molecule has 0 spiro atoms. The van der Waals surface area contributed by atoms with E-state index in [1.54, 1.807) is 13.0 Å². The van der Waals surface area contributed by atoms with Crippen LogP contribution in [0.5, 0.6) is 5.75 Å². The Bertz CT molecular complexity index is 484. The molecular formula is C14H20N2O3. The molecule has 0 radical (unpaired) electrons. The van der Waals surface area contributed by atoms with Crippen LogP contribution in [0.4, 0.5) is 0 Å². The van der Waals surface area contributed by atoms with Crippen molar-refractivity contribution in [3.8, 4) is 5.75 Å². The van der Waals surface area contributed by atoms with Gasteiger partial charge in [0.05, 0.1) is 5.69 Å². The fraction of sp³-hybridized carbons (Fsp3) is 0.571. The lowest BCUT2D eigenvalue weighted by atomic mass is 10.1. The van der Waals surface area contributed by atoms with Gasteiger partial charge < -0.3 is 14.7 Å². The van der Waals surface area contributed by atoms with E-state index in [1.807, 2.05) is 6.92 Å². The maximum absolute atomic E-state index is 11.2. The fourth-order valence-corrected chi connectivity index (χ4v) is 2.16. The average molecular weight is 264 g/mol. The number of carbonyl (C=O) groups is 1. The monoisotopic (exact) mass is 264 g/mol. The minimum absolute atomic E-state index is 0.166. The zero-order valence-corrected chi connectivity index (χ0v) is 11.6. The van der Waals surface area contributed by atoms with Crippen LogP contribution in [-0.2, 0) is 0 Å². The summed E-state index contributed by atoms with van der Waals surface area (Å²) in [4.78, 5) is 17.7. The van der Waals surface area contributed by atoms with Gasteiger partial charge >= 0.3 is 5.97 Å². The number of carboxylic acids is 1. The molecular weight excluding hydrogens is 244 g/mol. The zero-order valence-electron chi connectivity index (χ0n) is 11.6. The normalized spacial score (nSPS) is 14.7. The zero-order chi connectivity index (χ0) is 14.0. The summed E-state index contributed by atoms with van der Waals surface area (Å²) in [6.07, 6.45) is 2.51. The van der Waals surface area contributed by atoms with E-state index in [-0.39, 0.29) is 5.56 Å². The van der Waals surface area contributed by atoms with Gasteiger partial charge in [0.15, 0.2) is 0 Å². The Morgan fingerprint density at radius 3 is 2.79 bits per heavy atom. The summed E-state index contributed by atoms with van der Waals surface area (Å²) in [7, 11) is 2.07. The summed E-state index contributed by atoms with van der Waals surface area (Å²) in [6, 6.07) is 2.37. The third-order valence-electron chi connectivity index (χ3n) is 3.38. The van der Waals surface area contributed by atoms with Crippen LogP contribution in [0.1, 0.15) is 34.6 Å². The SMILES string of the molecule is Cc1cc(OCCN(C)C2CC2)c(C(=O)O)c(C)n1. The van der Waals surface area contributed by atoms with Crippen LogP contribution in [0.25, 0.3) is 0 Å². The van der Waals surface area contributed by atoms with E-state index in [0.29, 0.717) is 24.1 Å². The Morgan fingerprint density at radius 2 is 2.21 bits per heavy atom.